The molecule has 6 nitrogen and oxygen atoms in total. The van der Waals surface area contributed by atoms with E-state index in [1.54, 1.807) is 11.9 Å². The molecule has 0 spiro atoms. The second-order valence-electron chi connectivity index (χ2n) is 10.9. The molecule has 210 valence electrons. The number of aliphatic carboxylic acids is 1. The summed E-state index contributed by atoms with van der Waals surface area (Å²) in [6.45, 7) is 5.59. The van der Waals surface area contributed by atoms with Crippen molar-refractivity contribution in [3.63, 3.8) is 0 Å². The highest BCUT2D eigenvalue weighted by atomic mass is 32.2. The van der Waals surface area contributed by atoms with E-state index in [-0.39, 0.29) is 12.0 Å². The molecule has 0 aliphatic heterocycles. The summed E-state index contributed by atoms with van der Waals surface area (Å²) in [7, 11) is 3.00. The van der Waals surface area contributed by atoms with Gasteiger partial charge < -0.3 is 20.6 Å². The second-order valence-corrected chi connectivity index (χ2v) is 12.1. The zero-order valence-electron chi connectivity index (χ0n) is 23.4. The van der Waals surface area contributed by atoms with Gasteiger partial charge in [-0.05, 0) is 98.0 Å². The Labute approximate surface area is 237 Å². The largest absolute Gasteiger partial charge is 0.481 e. The third-order valence-corrected chi connectivity index (χ3v) is 7.89. The fourth-order valence-electron chi connectivity index (χ4n) is 5.30. The first-order chi connectivity index (χ1) is 18.7. The molecule has 1 atom stereocenters. The van der Waals surface area contributed by atoms with E-state index in [1.807, 2.05) is 31.3 Å². The molecule has 4 N–H and O–H groups in total. The minimum atomic E-state index is -0.826. The molecule has 1 aliphatic rings. The van der Waals surface area contributed by atoms with Crippen LogP contribution >= 0.6 is 11.9 Å². The number of hydrogen-bond donors (Lipinski definition) is 4. The molecule has 39 heavy (non-hydrogen) atoms. The number of rotatable bonds is 12. The van der Waals surface area contributed by atoms with E-state index >= 15 is 0 Å². The van der Waals surface area contributed by atoms with Crippen LogP contribution in [0.5, 0.6) is 0 Å². The summed E-state index contributed by atoms with van der Waals surface area (Å²) >= 11 is 1.61. The maximum Gasteiger partial charge on any atom is 0.307 e. The molecule has 1 aliphatic carbocycles. The van der Waals surface area contributed by atoms with Crippen molar-refractivity contribution >= 4 is 17.9 Å². The first-order valence-electron chi connectivity index (χ1n) is 13.4. The number of nitrogens with zero attached hydrogens (tertiary/aromatic N) is 1. The van der Waals surface area contributed by atoms with Crippen LogP contribution in [0.15, 0.2) is 77.7 Å². The second kappa shape index (κ2) is 14.6. The number of aliphatic hydroxyl groups excluding tert-OH is 2. The molecular weight excluding hydrogens is 508 g/mol. The van der Waals surface area contributed by atoms with E-state index in [0.717, 1.165) is 48.0 Å². The molecule has 0 saturated heterocycles. The van der Waals surface area contributed by atoms with Gasteiger partial charge >= 0.3 is 5.97 Å². The molecule has 0 heterocycles. The quantitative estimate of drug-likeness (QED) is 0.234. The Balaban J connectivity index is 0.00000205. The highest BCUT2D eigenvalue weighted by Crippen LogP contribution is 2.32. The van der Waals surface area contributed by atoms with Crippen molar-refractivity contribution in [3.05, 3.63) is 89.5 Å². The number of carboxylic acid groups (broad SMARTS) is 1. The zero-order chi connectivity index (χ0) is 28.4. The van der Waals surface area contributed by atoms with Gasteiger partial charge in [-0.3, -0.25) is 4.79 Å². The van der Waals surface area contributed by atoms with E-state index in [1.165, 1.54) is 11.1 Å². The van der Waals surface area contributed by atoms with E-state index in [4.69, 9.17) is 10.2 Å². The summed E-state index contributed by atoms with van der Waals surface area (Å²) in [6, 6.07) is 24.7. The van der Waals surface area contributed by atoms with Crippen molar-refractivity contribution in [1.82, 2.24) is 9.62 Å². The number of carboxylic acids is 1. The Bertz CT molecular complexity index is 1170. The topological polar surface area (TPSA) is 93.0 Å². The van der Waals surface area contributed by atoms with Gasteiger partial charge in [-0.1, -0.05) is 60.7 Å². The molecule has 4 rings (SSSR count). The molecule has 3 aromatic carbocycles. The normalized spacial score (nSPS) is 14.0. The van der Waals surface area contributed by atoms with E-state index in [2.05, 4.69) is 72.0 Å². The number of carbonyl (C=O) groups is 1. The Morgan fingerprint density at radius 2 is 1.64 bits per heavy atom. The molecule has 0 bridgehead atoms. The van der Waals surface area contributed by atoms with Crippen molar-refractivity contribution in [2.24, 2.45) is 5.92 Å². The third-order valence-electron chi connectivity index (χ3n) is 6.95. The van der Waals surface area contributed by atoms with Gasteiger partial charge in [0, 0.05) is 30.6 Å². The number of aliphatic hydroxyl groups is 2. The Hall–Kier alpha value is -2.68. The van der Waals surface area contributed by atoms with Gasteiger partial charge in [0.1, 0.15) is 0 Å². The molecule has 7 heteroatoms. The summed E-state index contributed by atoms with van der Waals surface area (Å²) in [5.74, 6) is -0.175. The van der Waals surface area contributed by atoms with E-state index in [0.29, 0.717) is 19.0 Å². The summed E-state index contributed by atoms with van der Waals surface area (Å²) in [5.41, 5.74) is 5.80. The van der Waals surface area contributed by atoms with E-state index in [9.17, 15) is 9.90 Å². The lowest BCUT2D eigenvalue weighted by atomic mass is 9.88. The van der Waals surface area contributed by atoms with Crippen molar-refractivity contribution in [2.75, 3.05) is 27.2 Å². The fraction of sp³-hybridized carbons (Fsp3) is 0.406. The molecule has 1 unspecified atom stereocenters. The van der Waals surface area contributed by atoms with Crippen LogP contribution in [0.25, 0.3) is 11.1 Å². The highest BCUT2D eigenvalue weighted by Gasteiger charge is 2.28. The van der Waals surface area contributed by atoms with Crippen LogP contribution in [0.3, 0.4) is 0 Å². The average Bonchev–Trinajstić information content (AvgIpc) is 3.30. The monoisotopic (exact) mass is 550 g/mol. The zero-order valence-corrected chi connectivity index (χ0v) is 24.2. The first-order valence-corrected chi connectivity index (χ1v) is 14.2. The van der Waals surface area contributed by atoms with Crippen LogP contribution in [0.4, 0.5) is 0 Å². The van der Waals surface area contributed by atoms with Crippen molar-refractivity contribution in [3.8, 4) is 11.1 Å². The van der Waals surface area contributed by atoms with Gasteiger partial charge in [-0.2, -0.15) is 0 Å². The third kappa shape index (κ3) is 9.78. The fourth-order valence-corrected chi connectivity index (χ4v) is 6.17. The maximum absolute atomic E-state index is 11.0. The standard InChI is InChI=1S/C31H38N2O3S.CH4O/c1-31(2,19-23-16-26-8-4-5-9-27(26)17-23)32-20-28(34)21-33(3)37-29-13-11-24(12-14-29)25-10-6-7-22(15-25)18-30(35)36;1-2/h4-15,23,28,32,34H,16-21H2,1-3H3,(H,35,36);2H,1H3. The maximum atomic E-state index is 11.0. The minimum Gasteiger partial charge on any atom is -0.481 e. The van der Waals surface area contributed by atoms with Crippen LogP contribution in [0.1, 0.15) is 37.0 Å². The van der Waals surface area contributed by atoms with Gasteiger partial charge in [-0.25, -0.2) is 4.31 Å². The van der Waals surface area contributed by atoms with Gasteiger partial charge in [0.15, 0.2) is 0 Å². The molecule has 0 radical (unpaired) electrons. The van der Waals surface area contributed by atoms with Gasteiger partial charge in [0.05, 0.1) is 12.5 Å². The number of likely N-dealkylation sites (N-methyl/N-ethyl adjacent to an activating group) is 1. The van der Waals surface area contributed by atoms with Crippen LogP contribution in [-0.2, 0) is 24.1 Å². The summed E-state index contributed by atoms with van der Waals surface area (Å²) < 4.78 is 2.06. The lowest BCUT2D eigenvalue weighted by Crippen LogP contribution is -2.46. The van der Waals surface area contributed by atoms with Crippen LogP contribution in [0, 0.1) is 5.92 Å². The molecule has 0 saturated carbocycles. The predicted octanol–water partition coefficient (Wildman–Crippen LogP) is 5.06. The Morgan fingerprint density at radius 3 is 2.26 bits per heavy atom. The molecule has 0 fully saturated rings. The summed E-state index contributed by atoms with van der Waals surface area (Å²) in [6.07, 6.45) is 2.94. The van der Waals surface area contributed by atoms with Gasteiger partial charge in [0.25, 0.3) is 0 Å². The van der Waals surface area contributed by atoms with Gasteiger partial charge in [0.2, 0.25) is 0 Å². The van der Waals surface area contributed by atoms with Crippen LogP contribution < -0.4 is 5.32 Å². The summed E-state index contributed by atoms with van der Waals surface area (Å²) in [5, 5.41) is 30.3. The number of fused-ring (bicyclic) bond motifs is 1. The SMILES string of the molecule is CN(CC(O)CNC(C)(C)CC1Cc2ccccc2C1)Sc1ccc(-c2cccc(CC(=O)O)c2)cc1.CO. The molecule has 0 amide bonds. The lowest BCUT2D eigenvalue weighted by Gasteiger charge is -2.31. The smallest absolute Gasteiger partial charge is 0.307 e. The van der Waals surface area contributed by atoms with Crippen molar-refractivity contribution < 1.29 is 20.1 Å². The number of benzene rings is 3. The van der Waals surface area contributed by atoms with Crippen molar-refractivity contribution in [2.45, 2.75) is 56.1 Å². The number of nitrogens with one attached hydrogen (secondary N) is 1. The number of β-amino-alcohol motifs (C(OH)–C–C–N with tert-alkyl or cyclic N) is 1. The minimum absolute atomic E-state index is 0.0236. The molecule has 3 aromatic rings. The van der Waals surface area contributed by atoms with Crippen LogP contribution in [0.2, 0.25) is 0 Å². The van der Waals surface area contributed by atoms with E-state index < -0.39 is 12.1 Å². The Morgan fingerprint density at radius 1 is 1.00 bits per heavy atom. The summed E-state index contributed by atoms with van der Waals surface area (Å²) in [4.78, 5) is 12.1. The number of hydrogen-bond acceptors (Lipinski definition) is 6. The Kier molecular flexibility index (Phi) is 11.6. The molecule has 0 aromatic heterocycles. The van der Waals surface area contributed by atoms with Crippen molar-refractivity contribution in [1.29, 1.82) is 0 Å². The average molecular weight is 551 g/mol. The first kappa shape index (κ1) is 30.9. The predicted molar refractivity (Wildman–Crippen MR) is 160 cm³/mol. The molecular formula is C32H42N2O4S. The van der Waals surface area contributed by atoms with Crippen LogP contribution in [-0.4, -0.2) is 64.5 Å². The highest BCUT2D eigenvalue weighted by molar-refractivity contribution is 7.97. The van der Waals surface area contributed by atoms with Gasteiger partial charge in [-0.15, -0.1) is 0 Å². The lowest BCUT2D eigenvalue weighted by molar-refractivity contribution is -0.136.